The molecule has 0 saturated carbocycles. The smallest absolute Gasteiger partial charge is 0.266 e. The van der Waals surface area contributed by atoms with Crippen LogP contribution in [-0.4, -0.2) is 35.0 Å². The molecule has 134 valence electrons. The number of nitrogens with zero attached hydrogens (tertiary/aromatic N) is 2. The molecule has 1 aromatic carbocycles. The molecule has 0 N–H and O–H groups in total. The average Bonchev–Trinajstić information content (AvgIpc) is 2.89. The first-order valence-electron chi connectivity index (χ1n) is 8.64. The maximum absolute atomic E-state index is 12.7. The number of hydrogen-bond acceptors (Lipinski definition) is 5. The molecule has 1 heterocycles. The summed E-state index contributed by atoms with van der Waals surface area (Å²) in [7, 11) is 0. The van der Waals surface area contributed by atoms with E-state index in [9.17, 15) is 14.7 Å². The van der Waals surface area contributed by atoms with E-state index in [0.717, 1.165) is 43.0 Å². The van der Waals surface area contributed by atoms with Crippen LogP contribution in [0.2, 0.25) is 0 Å². The summed E-state index contributed by atoms with van der Waals surface area (Å²) >= 11 is 1.39. The van der Waals surface area contributed by atoms with Gasteiger partial charge in [0.2, 0.25) is 0 Å². The lowest BCUT2D eigenvalue weighted by molar-refractivity contribution is -0.255. The maximum Gasteiger partial charge on any atom is 0.266 e. The van der Waals surface area contributed by atoms with Crippen LogP contribution in [0.1, 0.15) is 55.5 Å². The Balaban J connectivity index is 2.20. The van der Waals surface area contributed by atoms with Crippen molar-refractivity contribution in [3.8, 4) is 0 Å². The Labute approximate surface area is 152 Å². The van der Waals surface area contributed by atoms with E-state index in [1.165, 1.54) is 23.9 Å². The number of thioether (sulfide) groups is 1. The zero-order valence-electron chi connectivity index (χ0n) is 14.7. The molecule has 0 atom stereocenters. The molecule has 5 nitrogen and oxygen atoms in total. The van der Waals surface area contributed by atoms with E-state index >= 15 is 0 Å². The molecule has 25 heavy (non-hydrogen) atoms. The first-order valence-corrected chi connectivity index (χ1v) is 9.45. The zero-order chi connectivity index (χ0) is 18.2. The third kappa shape index (κ3) is 5.19. The van der Waals surface area contributed by atoms with Crippen molar-refractivity contribution in [1.29, 1.82) is 0 Å². The molecule has 0 spiro atoms. The van der Waals surface area contributed by atoms with Crippen molar-refractivity contribution >= 4 is 34.9 Å². The Bertz CT molecular complexity index is 680. The van der Waals surface area contributed by atoms with Crippen molar-refractivity contribution < 1.29 is 14.7 Å². The highest BCUT2D eigenvalue weighted by molar-refractivity contribution is 8.18. The van der Waals surface area contributed by atoms with Crippen LogP contribution in [0.4, 0.5) is 0 Å². The summed E-state index contributed by atoms with van der Waals surface area (Å²) < 4.78 is 0. The summed E-state index contributed by atoms with van der Waals surface area (Å²) in [6.45, 7) is 5.61. The number of carbonyl (C=O) groups excluding carboxylic acids is 2. The molecule has 2 rings (SSSR count). The van der Waals surface area contributed by atoms with Gasteiger partial charge < -0.3 is 9.90 Å². The Morgan fingerprint density at radius 2 is 1.88 bits per heavy atom. The summed E-state index contributed by atoms with van der Waals surface area (Å²) in [4.78, 5) is 30.5. The predicted octanol–water partition coefficient (Wildman–Crippen LogP) is 2.92. The fraction of sp³-hybridized carbons (Fsp3) is 0.421. The molecule has 1 saturated heterocycles. The van der Waals surface area contributed by atoms with E-state index in [4.69, 9.17) is 0 Å². The molecule has 1 aromatic rings. The third-order valence-corrected chi connectivity index (χ3v) is 4.87. The predicted molar refractivity (Wildman–Crippen MR) is 100 cm³/mol. The topological polar surface area (TPSA) is 72.8 Å². The van der Waals surface area contributed by atoms with Gasteiger partial charge in [-0.3, -0.25) is 14.7 Å². The number of rotatable bonds is 8. The maximum atomic E-state index is 12.7. The SMILES string of the molecule is CCCCN=C1S/C(=C\c2ccc(C(=O)[O-])cc2)C(=O)N1CCCC. The Hall–Kier alpha value is -2.08. The van der Waals surface area contributed by atoms with Crippen LogP contribution in [0.3, 0.4) is 0 Å². The number of carbonyl (C=O) groups is 2. The molecule has 0 unspecified atom stereocenters. The van der Waals surface area contributed by atoms with Gasteiger partial charge in [-0.25, -0.2) is 0 Å². The first-order chi connectivity index (χ1) is 12.1. The lowest BCUT2D eigenvalue weighted by Gasteiger charge is -2.14. The van der Waals surface area contributed by atoms with Crippen LogP contribution in [0, 0.1) is 0 Å². The van der Waals surface area contributed by atoms with E-state index < -0.39 is 5.97 Å². The lowest BCUT2D eigenvalue weighted by Crippen LogP contribution is -2.30. The zero-order valence-corrected chi connectivity index (χ0v) is 15.5. The first kappa shape index (κ1) is 19.2. The van der Waals surface area contributed by atoms with Gasteiger partial charge in [-0.15, -0.1) is 0 Å². The van der Waals surface area contributed by atoms with Gasteiger partial charge in [0, 0.05) is 13.1 Å². The van der Waals surface area contributed by atoms with Gasteiger partial charge in [-0.1, -0.05) is 51.0 Å². The molecule has 1 aliphatic rings. The minimum atomic E-state index is -1.21. The van der Waals surface area contributed by atoms with Gasteiger partial charge in [0.1, 0.15) is 0 Å². The van der Waals surface area contributed by atoms with Crippen LogP contribution < -0.4 is 5.11 Å². The summed E-state index contributed by atoms with van der Waals surface area (Å²) in [5.74, 6) is -1.24. The molecule has 1 amide bonds. The quantitative estimate of drug-likeness (QED) is 0.528. The van der Waals surface area contributed by atoms with Crippen LogP contribution in [0.25, 0.3) is 6.08 Å². The second-order valence-corrected chi connectivity index (χ2v) is 6.86. The number of unbranched alkanes of at least 4 members (excludes halogenated alkanes) is 2. The number of amides is 1. The molecule has 1 aliphatic heterocycles. The normalized spacial score (nSPS) is 17.7. The second-order valence-electron chi connectivity index (χ2n) is 5.85. The second kappa shape index (κ2) is 9.42. The standard InChI is InChI=1S/C19H24N2O3S/c1-3-5-11-20-19-21(12-6-4-2)17(22)16(25-19)13-14-7-9-15(10-8-14)18(23)24/h7-10,13H,3-6,11-12H2,1-2H3,(H,23,24)/p-1/b16-13-,20-19?. The van der Waals surface area contributed by atoms with Crippen molar-refractivity contribution in [3.05, 3.63) is 40.3 Å². The van der Waals surface area contributed by atoms with Crippen LogP contribution in [0.15, 0.2) is 34.2 Å². The van der Waals surface area contributed by atoms with Gasteiger partial charge in [0.25, 0.3) is 5.91 Å². The van der Waals surface area contributed by atoms with Crippen LogP contribution in [-0.2, 0) is 4.79 Å². The van der Waals surface area contributed by atoms with Gasteiger partial charge in [-0.05, 0) is 41.8 Å². The molecule has 0 radical (unpaired) electrons. The minimum Gasteiger partial charge on any atom is -0.545 e. The summed E-state index contributed by atoms with van der Waals surface area (Å²) in [6, 6.07) is 6.32. The minimum absolute atomic E-state index is 0.0299. The fourth-order valence-electron chi connectivity index (χ4n) is 2.34. The van der Waals surface area contributed by atoms with Crippen molar-refractivity contribution in [3.63, 3.8) is 0 Å². The van der Waals surface area contributed by atoms with Crippen LogP contribution in [0.5, 0.6) is 0 Å². The number of aromatic carboxylic acids is 1. The lowest BCUT2D eigenvalue weighted by atomic mass is 10.1. The van der Waals surface area contributed by atoms with Crippen molar-refractivity contribution in [1.82, 2.24) is 4.90 Å². The highest BCUT2D eigenvalue weighted by Crippen LogP contribution is 2.32. The number of carboxylic acid groups (broad SMARTS) is 1. The number of carboxylic acids is 1. The van der Waals surface area contributed by atoms with E-state index in [1.807, 2.05) is 0 Å². The van der Waals surface area contributed by atoms with Gasteiger partial charge >= 0.3 is 0 Å². The number of aliphatic imine (C=N–C) groups is 1. The molecular formula is C19H23N2O3S-. The van der Waals surface area contributed by atoms with Crippen molar-refractivity contribution in [2.45, 2.75) is 39.5 Å². The van der Waals surface area contributed by atoms with Gasteiger partial charge in [-0.2, -0.15) is 0 Å². The number of hydrogen-bond donors (Lipinski definition) is 0. The number of benzene rings is 1. The van der Waals surface area contributed by atoms with Crippen molar-refractivity contribution in [2.75, 3.05) is 13.1 Å². The molecule has 0 bridgehead atoms. The summed E-state index contributed by atoms with van der Waals surface area (Å²) in [6.07, 6.45) is 5.81. The summed E-state index contributed by atoms with van der Waals surface area (Å²) in [5, 5.41) is 11.6. The Morgan fingerprint density at radius 3 is 2.48 bits per heavy atom. The van der Waals surface area contributed by atoms with Gasteiger partial charge in [0.05, 0.1) is 10.9 Å². The third-order valence-electron chi connectivity index (χ3n) is 3.83. The molecule has 1 fully saturated rings. The van der Waals surface area contributed by atoms with E-state index in [0.29, 0.717) is 11.4 Å². The van der Waals surface area contributed by atoms with E-state index in [-0.39, 0.29) is 11.5 Å². The number of amidine groups is 1. The molecule has 6 heteroatoms. The van der Waals surface area contributed by atoms with Gasteiger partial charge in [0.15, 0.2) is 5.17 Å². The Kier molecular flexibility index (Phi) is 7.25. The fourth-order valence-corrected chi connectivity index (χ4v) is 3.37. The molecule has 0 aromatic heterocycles. The molecule has 0 aliphatic carbocycles. The largest absolute Gasteiger partial charge is 0.545 e. The monoisotopic (exact) mass is 359 g/mol. The van der Waals surface area contributed by atoms with E-state index in [2.05, 4.69) is 18.8 Å². The molecular weight excluding hydrogens is 336 g/mol. The average molecular weight is 359 g/mol. The van der Waals surface area contributed by atoms with Crippen LogP contribution >= 0.6 is 11.8 Å². The summed E-state index contributed by atoms with van der Waals surface area (Å²) in [5.41, 5.74) is 0.907. The van der Waals surface area contributed by atoms with E-state index in [1.54, 1.807) is 23.1 Å². The Morgan fingerprint density at radius 1 is 1.20 bits per heavy atom. The highest BCUT2D eigenvalue weighted by Gasteiger charge is 2.32. The van der Waals surface area contributed by atoms with Crippen molar-refractivity contribution in [2.24, 2.45) is 4.99 Å². The highest BCUT2D eigenvalue weighted by atomic mass is 32.2.